The number of amides is 1. The minimum Gasteiger partial charge on any atom is -0.465 e. The summed E-state index contributed by atoms with van der Waals surface area (Å²) in [5.41, 5.74) is 2.40. The number of methoxy groups -OCH3 is 1. The molecule has 0 bridgehead atoms. The molecule has 1 amide bonds. The van der Waals surface area contributed by atoms with Gasteiger partial charge in [-0.1, -0.05) is 28.1 Å². The average molecular weight is 442 g/mol. The van der Waals surface area contributed by atoms with Crippen molar-refractivity contribution in [1.82, 2.24) is 0 Å². The van der Waals surface area contributed by atoms with E-state index < -0.39 is 5.97 Å². The van der Waals surface area contributed by atoms with Crippen LogP contribution in [-0.2, 0) is 14.3 Å². The van der Waals surface area contributed by atoms with Crippen molar-refractivity contribution >= 4 is 39.6 Å². The summed E-state index contributed by atoms with van der Waals surface area (Å²) in [6.07, 6.45) is 1.66. The summed E-state index contributed by atoms with van der Waals surface area (Å²) in [7, 11) is 1.30. The lowest BCUT2D eigenvalue weighted by Crippen LogP contribution is -2.24. The van der Waals surface area contributed by atoms with Gasteiger partial charge in [-0.25, -0.2) is 4.79 Å². The maximum atomic E-state index is 13.2. The molecule has 7 heteroatoms. The molecule has 0 aliphatic carbocycles. The van der Waals surface area contributed by atoms with E-state index in [1.54, 1.807) is 31.2 Å². The number of nitrogens with zero attached hydrogens (tertiary/aromatic N) is 1. The molecule has 0 saturated heterocycles. The number of esters is 1. The van der Waals surface area contributed by atoms with Gasteiger partial charge in [0.15, 0.2) is 11.5 Å². The first-order chi connectivity index (χ1) is 13.5. The number of rotatable bonds is 3. The molecule has 4 rings (SSSR count). The maximum Gasteiger partial charge on any atom is 0.340 e. The number of carbonyl (C=O) groups excluding carboxylic acids is 2. The van der Waals surface area contributed by atoms with E-state index in [2.05, 4.69) is 15.9 Å². The Morgan fingerprint density at radius 1 is 1.18 bits per heavy atom. The quantitative estimate of drug-likeness (QED) is 0.530. The Kier molecular flexibility index (Phi) is 4.68. The van der Waals surface area contributed by atoms with Crippen LogP contribution in [0.25, 0.3) is 6.08 Å². The molecule has 2 aromatic carbocycles. The molecule has 0 N–H and O–H groups in total. The van der Waals surface area contributed by atoms with Gasteiger partial charge in [0.1, 0.15) is 0 Å². The van der Waals surface area contributed by atoms with Crippen LogP contribution in [0.4, 0.5) is 5.69 Å². The van der Waals surface area contributed by atoms with Gasteiger partial charge in [0.2, 0.25) is 6.79 Å². The average Bonchev–Trinajstić information content (AvgIpc) is 3.23. The number of benzene rings is 2. The Bertz CT molecular complexity index is 1060. The third kappa shape index (κ3) is 3.07. The number of hydrogen-bond donors (Lipinski definition) is 0. The molecule has 0 spiro atoms. The van der Waals surface area contributed by atoms with Crippen LogP contribution in [0, 0.1) is 0 Å². The summed E-state index contributed by atoms with van der Waals surface area (Å²) in [5.74, 6) is 0.392. The van der Waals surface area contributed by atoms with E-state index in [0.717, 1.165) is 10.0 Å². The second-order valence-corrected chi connectivity index (χ2v) is 7.16. The Morgan fingerprint density at radius 2 is 1.96 bits per heavy atom. The van der Waals surface area contributed by atoms with Crippen LogP contribution in [-0.4, -0.2) is 25.8 Å². The topological polar surface area (TPSA) is 65.1 Å². The minimum atomic E-state index is -0.560. The van der Waals surface area contributed by atoms with Crippen LogP contribution >= 0.6 is 15.9 Å². The van der Waals surface area contributed by atoms with Crippen molar-refractivity contribution in [2.45, 2.75) is 6.92 Å². The number of fused-ring (bicyclic) bond motifs is 1. The zero-order valence-corrected chi connectivity index (χ0v) is 16.8. The van der Waals surface area contributed by atoms with E-state index in [1.807, 2.05) is 24.3 Å². The largest absolute Gasteiger partial charge is 0.465 e. The monoisotopic (exact) mass is 441 g/mol. The van der Waals surface area contributed by atoms with Gasteiger partial charge < -0.3 is 14.2 Å². The maximum absolute atomic E-state index is 13.2. The van der Waals surface area contributed by atoms with Gasteiger partial charge in [-0.15, -0.1) is 0 Å². The normalized spacial score (nSPS) is 16.9. The summed E-state index contributed by atoms with van der Waals surface area (Å²) in [6.45, 7) is 1.89. The molecule has 0 fully saturated rings. The highest BCUT2D eigenvalue weighted by Crippen LogP contribution is 2.38. The van der Waals surface area contributed by atoms with Gasteiger partial charge in [0.25, 0.3) is 5.91 Å². The van der Waals surface area contributed by atoms with E-state index in [0.29, 0.717) is 22.9 Å². The van der Waals surface area contributed by atoms with E-state index >= 15 is 0 Å². The Hall–Kier alpha value is -3.06. The summed E-state index contributed by atoms with van der Waals surface area (Å²) < 4.78 is 16.5. The predicted octanol–water partition coefficient (Wildman–Crippen LogP) is 4.06. The van der Waals surface area contributed by atoms with Crippen molar-refractivity contribution in [1.29, 1.82) is 0 Å². The van der Waals surface area contributed by atoms with Crippen molar-refractivity contribution < 1.29 is 23.8 Å². The van der Waals surface area contributed by atoms with E-state index in [4.69, 9.17) is 14.2 Å². The third-order valence-corrected chi connectivity index (χ3v) is 5.06. The minimum absolute atomic E-state index is 0.164. The Morgan fingerprint density at radius 3 is 2.71 bits per heavy atom. The number of allylic oxidation sites excluding steroid dienone is 1. The second-order valence-electron chi connectivity index (χ2n) is 6.24. The van der Waals surface area contributed by atoms with E-state index in [1.165, 1.54) is 12.0 Å². The molecule has 0 aromatic heterocycles. The van der Waals surface area contributed by atoms with Crippen LogP contribution < -0.4 is 14.4 Å². The van der Waals surface area contributed by atoms with Crippen molar-refractivity contribution in [3.63, 3.8) is 0 Å². The SMILES string of the molecule is COC(=O)C1=C(C)N(c2cccc(Br)c2)C(=O)/C1=C\c1ccc2c(c1)OCO2. The summed E-state index contributed by atoms with van der Waals surface area (Å²) in [6, 6.07) is 12.7. The van der Waals surface area contributed by atoms with E-state index in [-0.39, 0.29) is 23.8 Å². The predicted molar refractivity (Wildman–Crippen MR) is 107 cm³/mol. The van der Waals surface area contributed by atoms with Crippen molar-refractivity contribution in [2.75, 3.05) is 18.8 Å². The second kappa shape index (κ2) is 7.16. The van der Waals surface area contributed by atoms with Crippen LogP contribution in [0.2, 0.25) is 0 Å². The smallest absolute Gasteiger partial charge is 0.340 e. The van der Waals surface area contributed by atoms with Crippen LogP contribution in [0.15, 0.2) is 63.8 Å². The van der Waals surface area contributed by atoms with Gasteiger partial charge in [-0.05, 0) is 48.9 Å². The molecular weight excluding hydrogens is 426 g/mol. The van der Waals surface area contributed by atoms with Crippen molar-refractivity contribution in [2.24, 2.45) is 0 Å². The number of carbonyl (C=O) groups is 2. The molecule has 142 valence electrons. The molecule has 0 unspecified atom stereocenters. The molecule has 2 aliphatic heterocycles. The highest BCUT2D eigenvalue weighted by Gasteiger charge is 2.38. The van der Waals surface area contributed by atoms with Crippen molar-refractivity contribution in [3.05, 3.63) is 69.3 Å². The molecular formula is C21H16BrNO5. The standard InChI is InChI=1S/C21H16BrNO5/c1-12-19(21(25)26-2)16(8-13-6-7-17-18(9-13)28-11-27-17)20(24)23(12)15-5-3-4-14(22)10-15/h3-10H,11H2,1-2H3/b16-8-. The van der Waals surface area contributed by atoms with Gasteiger partial charge >= 0.3 is 5.97 Å². The summed E-state index contributed by atoms with van der Waals surface area (Å²) in [5, 5.41) is 0. The zero-order chi connectivity index (χ0) is 19.8. The fourth-order valence-corrected chi connectivity index (χ4v) is 3.66. The fourth-order valence-electron chi connectivity index (χ4n) is 3.28. The third-order valence-electron chi connectivity index (χ3n) is 4.56. The van der Waals surface area contributed by atoms with Crippen LogP contribution in [0.1, 0.15) is 12.5 Å². The van der Waals surface area contributed by atoms with Crippen molar-refractivity contribution in [3.8, 4) is 11.5 Å². The highest BCUT2D eigenvalue weighted by molar-refractivity contribution is 9.10. The van der Waals surface area contributed by atoms with Gasteiger partial charge in [-0.3, -0.25) is 9.69 Å². The summed E-state index contributed by atoms with van der Waals surface area (Å²) in [4.78, 5) is 27.2. The lowest BCUT2D eigenvalue weighted by atomic mass is 10.0. The summed E-state index contributed by atoms with van der Waals surface area (Å²) >= 11 is 3.42. The van der Waals surface area contributed by atoms with Crippen LogP contribution in [0.5, 0.6) is 11.5 Å². The zero-order valence-electron chi connectivity index (χ0n) is 15.2. The number of halogens is 1. The van der Waals surface area contributed by atoms with Crippen LogP contribution in [0.3, 0.4) is 0 Å². The molecule has 0 saturated carbocycles. The molecule has 0 radical (unpaired) electrons. The number of anilines is 1. The van der Waals surface area contributed by atoms with Gasteiger partial charge in [0.05, 0.1) is 23.9 Å². The molecule has 2 aliphatic rings. The first-order valence-electron chi connectivity index (χ1n) is 8.50. The van der Waals surface area contributed by atoms with E-state index in [9.17, 15) is 9.59 Å². The molecule has 0 atom stereocenters. The van der Waals surface area contributed by atoms with Gasteiger partial charge in [-0.2, -0.15) is 0 Å². The first kappa shape index (κ1) is 18.3. The molecule has 2 aromatic rings. The number of ether oxygens (including phenoxy) is 3. The Balaban J connectivity index is 1.82. The Labute approximate surface area is 170 Å². The highest BCUT2D eigenvalue weighted by atomic mass is 79.9. The molecule has 6 nitrogen and oxygen atoms in total. The molecule has 2 heterocycles. The lowest BCUT2D eigenvalue weighted by Gasteiger charge is -2.18. The van der Waals surface area contributed by atoms with Gasteiger partial charge in [0, 0.05) is 10.2 Å². The molecule has 28 heavy (non-hydrogen) atoms. The fraction of sp³-hybridized carbons (Fsp3) is 0.143. The lowest BCUT2D eigenvalue weighted by molar-refractivity contribution is -0.136. The number of hydrogen-bond acceptors (Lipinski definition) is 5. The first-order valence-corrected chi connectivity index (χ1v) is 9.30.